The van der Waals surface area contributed by atoms with Crippen LogP contribution < -0.4 is 10.2 Å². The summed E-state index contributed by atoms with van der Waals surface area (Å²) < 4.78 is 0. The van der Waals surface area contributed by atoms with E-state index in [0.717, 1.165) is 29.5 Å². The van der Waals surface area contributed by atoms with Crippen LogP contribution in [0.2, 0.25) is 5.02 Å². The summed E-state index contributed by atoms with van der Waals surface area (Å²) in [6.45, 7) is 5.88. The Labute approximate surface area is 132 Å². The van der Waals surface area contributed by atoms with E-state index >= 15 is 0 Å². The Balaban J connectivity index is 2.05. The first-order valence-electron chi connectivity index (χ1n) is 7.18. The van der Waals surface area contributed by atoms with Gasteiger partial charge in [0.1, 0.15) is 0 Å². The van der Waals surface area contributed by atoms with Gasteiger partial charge in [0.25, 0.3) is 0 Å². The minimum absolute atomic E-state index is 0.458. The van der Waals surface area contributed by atoms with Crippen LogP contribution in [0.5, 0.6) is 0 Å². The van der Waals surface area contributed by atoms with Gasteiger partial charge in [-0.3, -0.25) is 4.98 Å². The third-order valence-corrected chi connectivity index (χ3v) is 3.48. The molecule has 21 heavy (non-hydrogen) atoms. The van der Waals surface area contributed by atoms with Gasteiger partial charge in [-0.25, -0.2) is 0 Å². The van der Waals surface area contributed by atoms with E-state index in [2.05, 4.69) is 48.2 Å². The van der Waals surface area contributed by atoms with Crippen LogP contribution in [0.25, 0.3) is 0 Å². The summed E-state index contributed by atoms with van der Waals surface area (Å²) in [7, 11) is 2.08. The molecule has 0 unspecified atom stereocenters. The molecular weight excluding hydrogens is 282 g/mol. The lowest BCUT2D eigenvalue weighted by Crippen LogP contribution is -2.23. The highest BCUT2D eigenvalue weighted by atomic mass is 35.5. The van der Waals surface area contributed by atoms with Gasteiger partial charge < -0.3 is 10.2 Å². The summed E-state index contributed by atoms with van der Waals surface area (Å²) in [4.78, 5) is 6.61. The van der Waals surface area contributed by atoms with Crippen molar-refractivity contribution in [1.29, 1.82) is 0 Å². The van der Waals surface area contributed by atoms with Crippen molar-refractivity contribution in [3.05, 3.63) is 58.9 Å². The number of hydrogen-bond acceptors (Lipinski definition) is 3. The van der Waals surface area contributed by atoms with E-state index in [4.69, 9.17) is 11.6 Å². The molecule has 112 valence electrons. The maximum Gasteiger partial charge on any atom is 0.0562 e. The van der Waals surface area contributed by atoms with E-state index in [0.29, 0.717) is 6.04 Å². The largest absolute Gasteiger partial charge is 0.370 e. The van der Waals surface area contributed by atoms with Crippen LogP contribution in [0.3, 0.4) is 0 Å². The van der Waals surface area contributed by atoms with E-state index < -0.39 is 0 Å². The molecule has 0 aliphatic heterocycles. The average Bonchev–Trinajstić information content (AvgIpc) is 2.45. The molecule has 3 nitrogen and oxygen atoms in total. The topological polar surface area (TPSA) is 28.2 Å². The van der Waals surface area contributed by atoms with E-state index in [1.807, 2.05) is 30.5 Å². The van der Waals surface area contributed by atoms with Gasteiger partial charge in [-0.1, -0.05) is 37.6 Å². The Morgan fingerprint density at radius 1 is 1.24 bits per heavy atom. The highest BCUT2D eigenvalue weighted by Gasteiger charge is 2.05. The molecule has 0 saturated heterocycles. The number of aromatic nitrogens is 1. The maximum absolute atomic E-state index is 6.03. The summed E-state index contributed by atoms with van der Waals surface area (Å²) in [6.07, 6.45) is 1.86. The molecule has 1 aromatic heterocycles. The molecule has 0 bridgehead atoms. The predicted molar refractivity (Wildman–Crippen MR) is 89.8 cm³/mol. The van der Waals surface area contributed by atoms with Crippen molar-refractivity contribution in [1.82, 2.24) is 10.3 Å². The van der Waals surface area contributed by atoms with Crippen LogP contribution in [0, 0.1) is 0 Å². The van der Waals surface area contributed by atoms with Crippen molar-refractivity contribution in [2.75, 3.05) is 11.9 Å². The molecule has 1 aromatic carbocycles. The molecule has 4 heteroatoms. The van der Waals surface area contributed by atoms with Gasteiger partial charge >= 0.3 is 0 Å². The zero-order valence-corrected chi connectivity index (χ0v) is 13.6. The highest BCUT2D eigenvalue weighted by Crippen LogP contribution is 2.18. The SMILES string of the molecule is CC(C)NCc1cc(N(C)Cc2cccc(Cl)c2)ccn1. The minimum Gasteiger partial charge on any atom is -0.370 e. The Bertz CT molecular complexity index is 584. The normalized spacial score (nSPS) is 10.9. The third-order valence-electron chi connectivity index (χ3n) is 3.24. The number of nitrogens with one attached hydrogen (secondary N) is 1. The lowest BCUT2D eigenvalue weighted by Gasteiger charge is -2.20. The van der Waals surface area contributed by atoms with Crippen LogP contribution in [0.1, 0.15) is 25.1 Å². The van der Waals surface area contributed by atoms with E-state index in [-0.39, 0.29) is 0 Å². The standard InChI is InChI=1S/C17H22ClN3/c1-13(2)20-11-16-10-17(7-8-19-16)21(3)12-14-5-4-6-15(18)9-14/h4-10,13,20H,11-12H2,1-3H3. The summed E-state index contributed by atoms with van der Waals surface area (Å²) >= 11 is 6.03. The number of hydrogen-bond donors (Lipinski definition) is 1. The number of anilines is 1. The van der Waals surface area contributed by atoms with Crippen LogP contribution in [-0.2, 0) is 13.1 Å². The van der Waals surface area contributed by atoms with Crippen LogP contribution in [-0.4, -0.2) is 18.1 Å². The van der Waals surface area contributed by atoms with Gasteiger partial charge in [-0.05, 0) is 29.8 Å². The molecule has 1 heterocycles. The zero-order chi connectivity index (χ0) is 15.2. The first-order valence-corrected chi connectivity index (χ1v) is 7.56. The van der Waals surface area contributed by atoms with E-state index in [1.54, 1.807) is 0 Å². The summed E-state index contributed by atoms with van der Waals surface area (Å²) in [5.41, 5.74) is 3.41. The number of rotatable bonds is 6. The lowest BCUT2D eigenvalue weighted by atomic mass is 10.2. The molecule has 0 fully saturated rings. The molecule has 0 aliphatic rings. The van der Waals surface area contributed by atoms with Crippen molar-refractivity contribution >= 4 is 17.3 Å². The maximum atomic E-state index is 6.03. The fourth-order valence-electron chi connectivity index (χ4n) is 2.11. The number of benzene rings is 1. The third kappa shape index (κ3) is 5.03. The van der Waals surface area contributed by atoms with Crippen LogP contribution in [0.15, 0.2) is 42.6 Å². The quantitative estimate of drug-likeness (QED) is 0.878. The van der Waals surface area contributed by atoms with Gasteiger partial charge in [-0.15, -0.1) is 0 Å². The number of pyridine rings is 1. The minimum atomic E-state index is 0.458. The predicted octanol–water partition coefficient (Wildman–Crippen LogP) is 3.87. The van der Waals surface area contributed by atoms with Gasteiger partial charge in [0.15, 0.2) is 0 Å². The molecule has 0 amide bonds. The monoisotopic (exact) mass is 303 g/mol. The van der Waals surface area contributed by atoms with Crippen molar-refractivity contribution in [2.24, 2.45) is 0 Å². The zero-order valence-electron chi connectivity index (χ0n) is 12.8. The Morgan fingerprint density at radius 3 is 2.76 bits per heavy atom. The molecule has 1 N–H and O–H groups in total. The fraction of sp³-hybridized carbons (Fsp3) is 0.353. The summed E-state index contributed by atoms with van der Waals surface area (Å²) in [5, 5.41) is 4.16. The molecule has 2 rings (SSSR count). The van der Waals surface area contributed by atoms with Crippen molar-refractivity contribution in [3.63, 3.8) is 0 Å². The number of halogens is 1. The summed E-state index contributed by atoms with van der Waals surface area (Å²) in [6, 6.07) is 12.6. The Morgan fingerprint density at radius 2 is 2.05 bits per heavy atom. The lowest BCUT2D eigenvalue weighted by molar-refractivity contribution is 0.581. The van der Waals surface area contributed by atoms with Gasteiger partial charge in [0, 0.05) is 43.1 Å². The van der Waals surface area contributed by atoms with Crippen molar-refractivity contribution in [2.45, 2.75) is 33.0 Å². The second-order valence-corrected chi connectivity index (χ2v) is 5.96. The molecule has 0 saturated carbocycles. The first-order chi connectivity index (χ1) is 10.0. The molecule has 0 radical (unpaired) electrons. The molecular formula is C17H22ClN3. The van der Waals surface area contributed by atoms with Crippen LogP contribution >= 0.6 is 11.6 Å². The van der Waals surface area contributed by atoms with Crippen LogP contribution in [0.4, 0.5) is 5.69 Å². The van der Waals surface area contributed by atoms with E-state index in [1.165, 1.54) is 5.56 Å². The van der Waals surface area contributed by atoms with Gasteiger partial charge in [0.05, 0.1) is 5.69 Å². The van der Waals surface area contributed by atoms with E-state index in [9.17, 15) is 0 Å². The highest BCUT2D eigenvalue weighted by molar-refractivity contribution is 6.30. The van der Waals surface area contributed by atoms with Crippen molar-refractivity contribution < 1.29 is 0 Å². The Kier molecular flexibility index (Phi) is 5.59. The average molecular weight is 304 g/mol. The van der Waals surface area contributed by atoms with Gasteiger partial charge in [0.2, 0.25) is 0 Å². The smallest absolute Gasteiger partial charge is 0.0562 e. The summed E-state index contributed by atoms with van der Waals surface area (Å²) in [5.74, 6) is 0. The fourth-order valence-corrected chi connectivity index (χ4v) is 2.32. The molecule has 0 atom stereocenters. The second-order valence-electron chi connectivity index (χ2n) is 5.53. The number of nitrogens with zero attached hydrogens (tertiary/aromatic N) is 2. The second kappa shape index (κ2) is 7.43. The molecule has 2 aromatic rings. The molecule has 0 aliphatic carbocycles. The first kappa shape index (κ1) is 15.8. The molecule has 0 spiro atoms. The van der Waals surface area contributed by atoms with Gasteiger partial charge in [-0.2, -0.15) is 0 Å². The van der Waals surface area contributed by atoms with Crippen molar-refractivity contribution in [3.8, 4) is 0 Å². The Hall–Kier alpha value is -1.58.